The predicted octanol–water partition coefficient (Wildman–Crippen LogP) is -1.97. The van der Waals surface area contributed by atoms with E-state index in [0.717, 1.165) is 0 Å². The number of aliphatic hydroxyl groups is 3. The number of nitrogens with one attached hydrogen (secondary N) is 1. The van der Waals surface area contributed by atoms with Crippen LogP contribution in [0.3, 0.4) is 0 Å². The van der Waals surface area contributed by atoms with Gasteiger partial charge < -0.3 is 25.4 Å². The SMILES string of the molecule is CN[C@H]1C(O)O[C@H](C)[C@H](O)[C@@H]1O. The molecular formula is C7H15NO4. The summed E-state index contributed by atoms with van der Waals surface area (Å²) in [5.74, 6) is 0. The van der Waals surface area contributed by atoms with E-state index in [1.807, 2.05) is 0 Å². The van der Waals surface area contributed by atoms with Crippen LogP contribution in [-0.4, -0.2) is 53.0 Å². The van der Waals surface area contributed by atoms with Crippen LogP contribution in [0.4, 0.5) is 0 Å². The molecule has 12 heavy (non-hydrogen) atoms. The normalized spacial score (nSPS) is 49.2. The summed E-state index contributed by atoms with van der Waals surface area (Å²) in [5.41, 5.74) is 0. The Bertz CT molecular complexity index is 154. The van der Waals surface area contributed by atoms with Crippen LogP contribution < -0.4 is 5.32 Å². The molecule has 5 heteroatoms. The highest BCUT2D eigenvalue weighted by molar-refractivity contribution is 4.90. The van der Waals surface area contributed by atoms with Crippen molar-refractivity contribution >= 4 is 0 Å². The van der Waals surface area contributed by atoms with Gasteiger partial charge in [-0.2, -0.15) is 0 Å². The molecule has 0 spiro atoms. The Hall–Kier alpha value is -0.200. The molecule has 1 aliphatic rings. The van der Waals surface area contributed by atoms with E-state index < -0.39 is 30.6 Å². The van der Waals surface area contributed by atoms with E-state index in [1.165, 1.54) is 0 Å². The van der Waals surface area contributed by atoms with Gasteiger partial charge in [-0.3, -0.25) is 0 Å². The fraction of sp³-hybridized carbons (Fsp3) is 1.00. The van der Waals surface area contributed by atoms with E-state index in [1.54, 1.807) is 14.0 Å². The fourth-order valence-electron chi connectivity index (χ4n) is 1.36. The molecular weight excluding hydrogens is 162 g/mol. The molecule has 1 heterocycles. The minimum absolute atomic E-state index is 0.542. The fourth-order valence-corrected chi connectivity index (χ4v) is 1.36. The highest BCUT2D eigenvalue weighted by atomic mass is 16.6. The van der Waals surface area contributed by atoms with Crippen LogP contribution in [0, 0.1) is 0 Å². The molecule has 1 unspecified atom stereocenters. The van der Waals surface area contributed by atoms with Crippen molar-refractivity contribution in [1.29, 1.82) is 0 Å². The summed E-state index contributed by atoms with van der Waals surface area (Å²) in [6.07, 6.45) is -3.55. The monoisotopic (exact) mass is 177 g/mol. The van der Waals surface area contributed by atoms with Crippen LogP contribution >= 0.6 is 0 Å². The average Bonchev–Trinajstić information content (AvgIpc) is 2.01. The highest BCUT2D eigenvalue weighted by Crippen LogP contribution is 2.18. The van der Waals surface area contributed by atoms with Gasteiger partial charge in [-0.15, -0.1) is 0 Å². The maximum atomic E-state index is 9.43. The van der Waals surface area contributed by atoms with Crippen LogP contribution in [0.1, 0.15) is 6.92 Å². The highest BCUT2D eigenvalue weighted by Gasteiger charge is 2.40. The third kappa shape index (κ3) is 1.60. The Balaban J connectivity index is 2.65. The van der Waals surface area contributed by atoms with Crippen LogP contribution in [0.2, 0.25) is 0 Å². The van der Waals surface area contributed by atoms with Crippen molar-refractivity contribution in [3.8, 4) is 0 Å². The molecule has 1 saturated heterocycles. The van der Waals surface area contributed by atoms with E-state index in [0.29, 0.717) is 0 Å². The first-order valence-electron chi connectivity index (χ1n) is 3.95. The van der Waals surface area contributed by atoms with Gasteiger partial charge in [0.2, 0.25) is 0 Å². The molecule has 0 aromatic heterocycles. The van der Waals surface area contributed by atoms with Crippen molar-refractivity contribution in [2.75, 3.05) is 7.05 Å². The van der Waals surface area contributed by atoms with Crippen molar-refractivity contribution in [1.82, 2.24) is 5.32 Å². The van der Waals surface area contributed by atoms with Crippen molar-refractivity contribution in [2.24, 2.45) is 0 Å². The third-order valence-corrected chi connectivity index (χ3v) is 2.19. The average molecular weight is 177 g/mol. The zero-order valence-electron chi connectivity index (χ0n) is 7.14. The van der Waals surface area contributed by atoms with Crippen LogP contribution in [0.15, 0.2) is 0 Å². The van der Waals surface area contributed by atoms with Gasteiger partial charge in [0.25, 0.3) is 0 Å². The topological polar surface area (TPSA) is 82.0 Å². The minimum Gasteiger partial charge on any atom is -0.388 e. The lowest BCUT2D eigenvalue weighted by Crippen LogP contribution is -2.61. The molecule has 0 amide bonds. The van der Waals surface area contributed by atoms with E-state index in [4.69, 9.17) is 4.74 Å². The van der Waals surface area contributed by atoms with Gasteiger partial charge in [-0.1, -0.05) is 0 Å². The third-order valence-electron chi connectivity index (χ3n) is 2.19. The molecule has 5 nitrogen and oxygen atoms in total. The molecule has 1 aliphatic heterocycles. The maximum absolute atomic E-state index is 9.43. The number of hydrogen-bond donors (Lipinski definition) is 4. The lowest BCUT2D eigenvalue weighted by atomic mass is 9.98. The summed E-state index contributed by atoms with van der Waals surface area (Å²) in [5, 5.41) is 30.7. The summed E-state index contributed by atoms with van der Waals surface area (Å²) in [6.45, 7) is 1.60. The molecule has 0 saturated carbocycles. The second kappa shape index (κ2) is 3.68. The van der Waals surface area contributed by atoms with Crippen LogP contribution in [-0.2, 0) is 4.74 Å². The molecule has 0 aromatic rings. The number of aliphatic hydroxyl groups excluding tert-OH is 3. The zero-order chi connectivity index (χ0) is 9.30. The molecule has 0 aromatic carbocycles. The van der Waals surface area contributed by atoms with Gasteiger partial charge in [0.1, 0.15) is 12.2 Å². The van der Waals surface area contributed by atoms with E-state index >= 15 is 0 Å². The van der Waals surface area contributed by atoms with Crippen molar-refractivity contribution in [3.63, 3.8) is 0 Å². The minimum atomic E-state index is -1.07. The van der Waals surface area contributed by atoms with Gasteiger partial charge in [-0.05, 0) is 14.0 Å². The number of ether oxygens (including phenoxy) is 1. The van der Waals surface area contributed by atoms with E-state index in [-0.39, 0.29) is 0 Å². The Morgan fingerprint density at radius 3 is 2.25 bits per heavy atom. The molecule has 0 radical (unpaired) electrons. The van der Waals surface area contributed by atoms with Gasteiger partial charge in [0, 0.05) is 0 Å². The Morgan fingerprint density at radius 1 is 1.17 bits per heavy atom. The second-order valence-electron chi connectivity index (χ2n) is 3.03. The molecule has 72 valence electrons. The molecule has 4 N–H and O–H groups in total. The summed E-state index contributed by atoms with van der Waals surface area (Å²) >= 11 is 0. The number of rotatable bonds is 1. The van der Waals surface area contributed by atoms with Gasteiger partial charge >= 0.3 is 0 Å². The first-order chi connectivity index (χ1) is 5.57. The Morgan fingerprint density at radius 2 is 1.75 bits per heavy atom. The quantitative estimate of drug-likeness (QED) is 0.373. The second-order valence-corrected chi connectivity index (χ2v) is 3.03. The van der Waals surface area contributed by atoms with Crippen LogP contribution in [0.5, 0.6) is 0 Å². The van der Waals surface area contributed by atoms with Crippen molar-refractivity contribution in [3.05, 3.63) is 0 Å². The lowest BCUT2D eigenvalue weighted by Gasteiger charge is -2.39. The first kappa shape index (κ1) is 9.88. The lowest BCUT2D eigenvalue weighted by molar-refractivity contribution is -0.242. The summed E-state index contributed by atoms with van der Waals surface area (Å²) in [4.78, 5) is 0. The smallest absolute Gasteiger partial charge is 0.173 e. The standard InChI is InChI=1S/C7H15NO4/c1-3-5(9)6(10)4(8-2)7(11)12-3/h3-11H,1-2H3/t3-,4-,5+,6-,7?/m1/s1. The van der Waals surface area contributed by atoms with Gasteiger partial charge in [0.15, 0.2) is 6.29 Å². The zero-order valence-corrected chi connectivity index (χ0v) is 7.14. The number of likely N-dealkylation sites (N-methyl/N-ethyl adjacent to an activating group) is 1. The van der Waals surface area contributed by atoms with Gasteiger partial charge in [0.05, 0.1) is 12.1 Å². The summed E-state index contributed by atoms with van der Waals surface area (Å²) in [6, 6.07) is -0.629. The maximum Gasteiger partial charge on any atom is 0.173 e. The van der Waals surface area contributed by atoms with E-state index in [2.05, 4.69) is 5.32 Å². The van der Waals surface area contributed by atoms with Crippen molar-refractivity contribution < 1.29 is 20.1 Å². The summed E-state index contributed by atoms with van der Waals surface area (Å²) < 4.78 is 4.96. The first-order valence-corrected chi connectivity index (χ1v) is 3.95. The molecule has 5 atom stereocenters. The summed E-state index contributed by atoms with van der Waals surface area (Å²) in [7, 11) is 1.59. The Labute approximate surface area is 71.0 Å². The van der Waals surface area contributed by atoms with E-state index in [9.17, 15) is 15.3 Å². The van der Waals surface area contributed by atoms with Crippen molar-refractivity contribution in [2.45, 2.75) is 37.6 Å². The Kier molecular flexibility index (Phi) is 3.03. The molecule has 1 rings (SSSR count). The number of hydrogen-bond acceptors (Lipinski definition) is 5. The largest absolute Gasteiger partial charge is 0.388 e. The predicted molar refractivity (Wildman–Crippen MR) is 41.4 cm³/mol. The van der Waals surface area contributed by atoms with Crippen LogP contribution in [0.25, 0.3) is 0 Å². The molecule has 1 fully saturated rings. The molecule has 0 bridgehead atoms. The van der Waals surface area contributed by atoms with Gasteiger partial charge in [-0.25, -0.2) is 0 Å². The molecule has 0 aliphatic carbocycles.